The van der Waals surface area contributed by atoms with E-state index < -0.39 is 0 Å². The fourth-order valence-corrected chi connectivity index (χ4v) is 0. The van der Waals surface area contributed by atoms with E-state index in [0.717, 1.165) is 0 Å². The molecule has 0 unspecified atom stereocenters. The summed E-state index contributed by atoms with van der Waals surface area (Å²) >= 11 is 0. The zero-order chi connectivity index (χ0) is 0. The van der Waals surface area contributed by atoms with Gasteiger partial charge >= 0.3 is 59.1 Å². The Morgan fingerprint density at radius 3 is 0.429 bits per heavy atom. The van der Waals surface area contributed by atoms with Crippen LogP contribution in [0.1, 0.15) is 0 Å². The van der Waals surface area contributed by atoms with Gasteiger partial charge in [-0.15, -0.1) is 0 Å². The summed E-state index contributed by atoms with van der Waals surface area (Å²) in [5.41, 5.74) is 0. The molecule has 0 aliphatic heterocycles. The molecule has 0 fully saturated rings. The summed E-state index contributed by atoms with van der Waals surface area (Å²) in [7, 11) is 0. The fraction of sp³-hybridized carbons (Fsp3) is 0. The third-order valence-electron chi connectivity index (χ3n) is 0. The number of rotatable bonds is 0. The monoisotopic (exact) mass is 294 g/mol. The Hall–Kier alpha value is 2.53. The van der Waals surface area contributed by atoms with Crippen LogP contribution in [-0.4, -0.2) is 0 Å². The molecule has 0 N–H and O–H groups in total. The Balaban J connectivity index is 0. The Morgan fingerprint density at radius 2 is 0.429 bits per heavy atom. The Bertz CT molecular complexity index is 9.65. The smallest absolute Gasteiger partial charge is 1.00 e. The van der Waals surface area contributed by atoms with E-state index in [1.165, 1.54) is 0 Å². The van der Waals surface area contributed by atoms with Crippen LogP contribution in [0.4, 0.5) is 0 Å². The Kier molecular flexibility index (Phi) is 1170. The minimum absolute atomic E-state index is 0. The van der Waals surface area contributed by atoms with Gasteiger partial charge in [-0.2, -0.15) is 0 Å². The van der Waals surface area contributed by atoms with Crippen molar-refractivity contribution in [1.29, 1.82) is 0 Å². The van der Waals surface area contributed by atoms with Crippen molar-refractivity contribution in [3.63, 3.8) is 0 Å². The van der Waals surface area contributed by atoms with Crippen LogP contribution in [-0.2, 0) is 43.0 Å². The molecule has 0 aromatic carbocycles. The normalized spacial score (nSPS) is 0. The zero-order valence-corrected chi connectivity index (χ0v) is 11.0. The molecule has 0 rings (SSSR count). The molecule has 0 aliphatic rings. The second-order valence-corrected chi connectivity index (χ2v) is 0. The first-order chi connectivity index (χ1) is 0. The topological polar surface area (TPSA) is 114 Å². The molecule has 0 saturated carbocycles. The predicted octanol–water partition coefficient (Wildman–Crippen LogP) is -6.47. The van der Waals surface area contributed by atoms with E-state index in [-0.39, 0.29) is 102 Å². The van der Waals surface area contributed by atoms with Gasteiger partial charge in [0.05, 0.1) is 0 Å². The van der Waals surface area contributed by atoms with Gasteiger partial charge in [0.1, 0.15) is 0 Å². The van der Waals surface area contributed by atoms with Crippen LogP contribution in [0.2, 0.25) is 0 Å². The molecule has 7 heavy (non-hydrogen) atoms. The average molecular weight is 294 g/mol. The molecular formula is Na2O4W-6. The molecule has 0 aliphatic carbocycles. The van der Waals surface area contributed by atoms with E-state index in [4.69, 9.17) is 0 Å². The van der Waals surface area contributed by atoms with E-state index >= 15 is 0 Å². The van der Waals surface area contributed by atoms with Crippen molar-refractivity contribution in [3.8, 4) is 0 Å². The maximum absolute atomic E-state index is 0. The maximum atomic E-state index is 0. The van der Waals surface area contributed by atoms with E-state index in [9.17, 15) is 0 Å². The molecule has 0 spiro atoms. The predicted molar refractivity (Wildman–Crippen MR) is 2.75 cm³/mol. The van der Waals surface area contributed by atoms with Crippen LogP contribution >= 0.6 is 0 Å². The second kappa shape index (κ2) is 75.6. The van der Waals surface area contributed by atoms with Gasteiger partial charge in [-0.1, -0.05) is 0 Å². The largest absolute Gasteiger partial charge is 2.00 e. The third kappa shape index (κ3) is 56.9. The summed E-state index contributed by atoms with van der Waals surface area (Å²) in [6.45, 7) is 0. The van der Waals surface area contributed by atoms with Gasteiger partial charge in [-0.3, -0.25) is 0 Å². The Labute approximate surface area is 101 Å². The van der Waals surface area contributed by atoms with Gasteiger partial charge in [0, 0.05) is 21.1 Å². The first-order valence-corrected chi connectivity index (χ1v) is 0. The van der Waals surface area contributed by atoms with E-state index in [0.29, 0.717) is 0 Å². The van der Waals surface area contributed by atoms with Crippen LogP contribution in [0.5, 0.6) is 0 Å². The molecule has 0 radical (unpaired) electrons. The van der Waals surface area contributed by atoms with Crippen molar-refractivity contribution < 1.29 is 102 Å². The van der Waals surface area contributed by atoms with Crippen molar-refractivity contribution >= 4 is 0 Å². The van der Waals surface area contributed by atoms with Crippen LogP contribution in [0, 0.1) is 0 Å². The van der Waals surface area contributed by atoms with Gasteiger partial charge in [0.15, 0.2) is 0 Å². The Morgan fingerprint density at radius 1 is 0.429 bits per heavy atom. The van der Waals surface area contributed by atoms with Crippen LogP contribution < -0.4 is 59.1 Å². The molecule has 0 bridgehead atoms. The van der Waals surface area contributed by atoms with Crippen molar-refractivity contribution in [2.75, 3.05) is 0 Å². The summed E-state index contributed by atoms with van der Waals surface area (Å²) in [5, 5.41) is 0. The molecule has 4 nitrogen and oxygen atoms in total. The van der Waals surface area contributed by atoms with Gasteiger partial charge in [0.25, 0.3) is 0 Å². The molecule has 7 heteroatoms. The molecule has 0 atom stereocenters. The summed E-state index contributed by atoms with van der Waals surface area (Å²) < 4.78 is 0. The first-order valence-electron chi connectivity index (χ1n) is 0. The van der Waals surface area contributed by atoms with Gasteiger partial charge in [-0.05, 0) is 0 Å². The molecule has 0 aromatic rings. The zero-order valence-electron chi connectivity index (χ0n) is 4.04. The number of hydrogen-bond donors (Lipinski definition) is 0. The van der Waals surface area contributed by atoms with E-state index in [2.05, 4.69) is 0 Å². The van der Waals surface area contributed by atoms with Crippen molar-refractivity contribution in [3.05, 3.63) is 0 Å². The number of hydrogen-bond acceptors (Lipinski definition) is 0. The second-order valence-electron chi connectivity index (χ2n) is 0. The van der Waals surface area contributed by atoms with Crippen molar-refractivity contribution in [1.82, 2.24) is 0 Å². The van der Waals surface area contributed by atoms with Crippen LogP contribution in [0.25, 0.3) is 0 Å². The standard InChI is InChI=1S/2Na.4O.W/q2*+1;4*-2;. The first kappa shape index (κ1) is 108. The molecule has 0 saturated heterocycles. The van der Waals surface area contributed by atoms with Gasteiger partial charge in [-0.25, -0.2) is 0 Å². The van der Waals surface area contributed by atoms with Crippen molar-refractivity contribution in [2.24, 2.45) is 0 Å². The molecule has 0 aromatic heterocycles. The van der Waals surface area contributed by atoms with Gasteiger partial charge in [0.2, 0.25) is 0 Å². The molecule has 0 amide bonds. The fourth-order valence-electron chi connectivity index (χ4n) is 0. The SMILES string of the molecule is [Na+].[Na+].[O-2].[O-2].[O-2].[O-2].[W]. The van der Waals surface area contributed by atoms with Crippen LogP contribution in [0.3, 0.4) is 0 Å². The van der Waals surface area contributed by atoms with Crippen LogP contribution in [0.15, 0.2) is 0 Å². The third-order valence-corrected chi connectivity index (χ3v) is 0. The summed E-state index contributed by atoms with van der Waals surface area (Å²) in [5.74, 6) is 0. The van der Waals surface area contributed by atoms with Gasteiger partial charge < -0.3 is 21.9 Å². The summed E-state index contributed by atoms with van der Waals surface area (Å²) in [4.78, 5) is 0. The quantitative estimate of drug-likeness (QED) is 0.395. The average Bonchev–Trinajstić information content (AvgIpc) is 0. The molecule has 38 valence electrons. The molecular weight excluding hydrogens is 294 g/mol. The minimum Gasteiger partial charge on any atom is -2.00 e. The maximum Gasteiger partial charge on any atom is 1.00 e. The summed E-state index contributed by atoms with van der Waals surface area (Å²) in [6, 6.07) is 0. The van der Waals surface area contributed by atoms with E-state index in [1.54, 1.807) is 0 Å². The van der Waals surface area contributed by atoms with E-state index in [1.807, 2.05) is 0 Å². The van der Waals surface area contributed by atoms with Crippen molar-refractivity contribution in [2.45, 2.75) is 0 Å². The minimum atomic E-state index is 0. The summed E-state index contributed by atoms with van der Waals surface area (Å²) in [6.07, 6.45) is 0. The molecule has 0 heterocycles.